The van der Waals surface area contributed by atoms with Crippen molar-refractivity contribution in [3.05, 3.63) is 27.7 Å². The summed E-state index contributed by atoms with van der Waals surface area (Å²) in [6, 6.07) is 4.12. The fourth-order valence-electron chi connectivity index (χ4n) is 1.56. The zero-order chi connectivity index (χ0) is 13.0. The highest BCUT2D eigenvalue weighted by atomic mass is 79.9. The van der Waals surface area contributed by atoms with Crippen molar-refractivity contribution in [2.75, 3.05) is 11.9 Å². The molecule has 0 aliphatic carbocycles. The number of aryl methyl sites for hydroxylation is 2. The Hall–Kier alpha value is -1.03. The molecule has 0 aliphatic rings. The van der Waals surface area contributed by atoms with Crippen molar-refractivity contribution < 1.29 is 0 Å². The highest BCUT2D eigenvalue weighted by molar-refractivity contribution is 9.10. The summed E-state index contributed by atoms with van der Waals surface area (Å²) in [7, 11) is 0. The van der Waals surface area contributed by atoms with Crippen LogP contribution < -0.4 is 11.1 Å². The minimum absolute atomic E-state index is 0.479. The summed E-state index contributed by atoms with van der Waals surface area (Å²) in [5.74, 6) is 0.995. The van der Waals surface area contributed by atoms with E-state index >= 15 is 0 Å². The molecule has 0 amide bonds. The number of rotatable bonds is 3. The van der Waals surface area contributed by atoms with Crippen LogP contribution >= 0.6 is 15.9 Å². The number of guanidine groups is 1. The van der Waals surface area contributed by atoms with Gasteiger partial charge in [-0.1, -0.05) is 29.8 Å². The second-order valence-electron chi connectivity index (χ2n) is 4.66. The minimum Gasteiger partial charge on any atom is -0.370 e. The van der Waals surface area contributed by atoms with Crippen LogP contribution in [0.25, 0.3) is 0 Å². The maximum atomic E-state index is 5.86. The Morgan fingerprint density at radius 1 is 1.35 bits per heavy atom. The van der Waals surface area contributed by atoms with Crippen molar-refractivity contribution >= 4 is 27.6 Å². The molecule has 0 bridgehead atoms. The first kappa shape index (κ1) is 14.0. The first-order valence-electron chi connectivity index (χ1n) is 5.74. The molecule has 0 saturated heterocycles. The number of halogens is 1. The van der Waals surface area contributed by atoms with Gasteiger partial charge in [-0.25, -0.2) is 0 Å². The number of anilines is 1. The van der Waals surface area contributed by atoms with Crippen LogP contribution in [0.1, 0.15) is 25.0 Å². The van der Waals surface area contributed by atoms with Gasteiger partial charge in [-0.2, -0.15) is 0 Å². The second kappa shape index (κ2) is 6.05. The lowest BCUT2D eigenvalue weighted by Gasteiger charge is -2.13. The molecule has 4 heteroatoms. The molecular formula is C13H20BrN3. The smallest absolute Gasteiger partial charge is 0.193 e. The van der Waals surface area contributed by atoms with E-state index in [4.69, 9.17) is 5.73 Å². The molecule has 0 aromatic heterocycles. The molecule has 1 aromatic carbocycles. The van der Waals surface area contributed by atoms with Crippen LogP contribution in [0.5, 0.6) is 0 Å². The van der Waals surface area contributed by atoms with Crippen molar-refractivity contribution in [3.63, 3.8) is 0 Å². The molecule has 17 heavy (non-hydrogen) atoms. The second-order valence-corrected chi connectivity index (χ2v) is 5.58. The van der Waals surface area contributed by atoms with Gasteiger partial charge in [-0.05, 0) is 43.0 Å². The molecule has 1 aromatic rings. The summed E-state index contributed by atoms with van der Waals surface area (Å²) in [6.07, 6.45) is 0. The average molecular weight is 298 g/mol. The third-order valence-electron chi connectivity index (χ3n) is 2.38. The Balaban J connectivity index is 2.85. The van der Waals surface area contributed by atoms with E-state index in [-0.39, 0.29) is 0 Å². The summed E-state index contributed by atoms with van der Waals surface area (Å²) < 4.78 is 1.08. The summed E-state index contributed by atoms with van der Waals surface area (Å²) in [5.41, 5.74) is 9.20. The van der Waals surface area contributed by atoms with Gasteiger partial charge in [0.25, 0.3) is 0 Å². The third kappa shape index (κ3) is 4.38. The molecule has 3 nitrogen and oxygen atoms in total. The first-order chi connectivity index (χ1) is 7.90. The highest BCUT2D eigenvalue weighted by Crippen LogP contribution is 2.24. The van der Waals surface area contributed by atoms with Crippen LogP contribution in [0.3, 0.4) is 0 Å². The van der Waals surface area contributed by atoms with Crippen LogP contribution in [0.2, 0.25) is 0 Å². The molecule has 0 unspecified atom stereocenters. The zero-order valence-corrected chi connectivity index (χ0v) is 12.4. The van der Waals surface area contributed by atoms with Crippen LogP contribution in [0, 0.1) is 19.8 Å². The summed E-state index contributed by atoms with van der Waals surface area (Å²) in [5, 5.41) is 3.17. The number of aliphatic imine (C=N–C) groups is 1. The van der Waals surface area contributed by atoms with Crippen LogP contribution in [-0.4, -0.2) is 12.5 Å². The van der Waals surface area contributed by atoms with E-state index < -0.39 is 0 Å². The Morgan fingerprint density at radius 2 is 1.88 bits per heavy atom. The predicted molar refractivity (Wildman–Crippen MR) is 78.6 cm³/mol. The first-order valence-corrected chi connectivity index (χ1v) is 6.53. The molecule has 1 rings (SSSR count). The van der Waals surface area contributed by atoms with Crippen LogP contribution in [0.15, 0.2) is 21.6 Å². The summed E-state index contributed by atoms with van der Waals surface area (Å²) in [6.45, 7) is 9.08. The standard InChI is InChI=1S/C13H20BrN3/c1-8(2)7-16-13(15)17-12-9(3)5-11(14)6-10(12)4/h5-6,8H,7H2,1-4H3,(H3,15,16,17). The van der Waals surface area contributed by atoms with E-state index in [1.54, 1.807) is 0 Å². The molecule has 3 N–H and O–H groups in total. The molecule has 94 valence electrons. The van der Waals surface area contributed by atoms with Crippen LogP contribution in [0.4, 0.5) is 5.69 Å². The molecule has 0 spiro atoms. The monoisotopic (exact) mass is 297 g/mol. The van der Waals surface area contributed by atoms with Gasteiger partial charge in [-0.15, -0.1) is 0 Å². The van der Waals surface area contributed by atoms with Crippen molar-refractivity contribution in [2.45, 2.75) is 27.7 Å². The summed E-state index contributed by atoms with van der Waals surface area (Å²) >= 11 is 3.47. The van der Waals surface area contributed by atoms with E-state index in [2.05, 4.69) is 66.1 Å². The van der Waals surface area contributed by atoms with Gasteiger partial charge in [-0.3, -0.25) is 4.99 Å². The summed E-state index contributed by atoms with van der Waals surface area (Å²) in [4.78, 5) is 4.30. The van der Waals surface area contributed by atoms with Gasteiger partial charge >= 0.3 is 0 Å². The van der Waals surface area contributed by atoms with Gasteiger partial charge in [0.15, 0.2) is 5.96 Å². The highest BCUT2D eigenvalue weighted by Gasteiger charge is 2.05. The van der Waals surface area contributed by atoms with Gasteiger partial charge in [0, 0.05) is 16.7 Å². The van der Waals surface area contributed by atoms with Gasteiger partial charge in [0.1, 0.15) is 0 Å². The lowest BCUT2D eigenvalue weighted by Crippen LogP contribution is -2.24. The number of hydrogen-bond acceptors (Lipinski definition) is 1. The van der Waals surface area contributed by atoms with Gasteiger partial charge < -0.3 is 11.1 Å². The van der Waals surface area contributed by atoms with Crippen LogP contribution in [-0.2, 0) is 0 Å². The van der Waals surface area contributed by atoms with E-state index in [0.29, 0.717) is 11.9 Å². The topological polar surface area (TPSA) is 50.4 Å². The maximum Gasteiger partial charge on any atom is 0.193 e. The van der Waals surface area contributed by atoms with Crippen molar-refractivity contribution in [1.29, 1.82) is 0 Å². The Bertz CT molecular complexity index is 402. The molecule has 0 fully saturated rings. The fourth-order valence-corrected chi connectivity index (χ4v) is 2.24. The van der Waals surface area contributed by atoms with Gasteiger partial charge in [0.05, 0.1) is 0 Å². The molecular weight excluding hydrogens is 278 g/mol. The predicted octanol–water partition coefficient (Wildman–Crippen LogP) is 3.45. The Morgan fingerprint density at radius 3 is 2.35 bits per heavy atom. The average Bonchev–Trinajstić information content (AvgIpc) is 2.20. The fraction of sp³-hybridized carbons (Fsp3) is 0.462. The SMILES string of the molecule is Cc1cc(Br)cc(C)c1NC(N)=NCC(C)C. The Labute approximate surface area is 112 Å². The quantitative estimate of drug-likeness (QED) is 0.663. The van der Waals surface area contributed by atoms with Gasteiger partial charge in [0.2, 0.25) is 0 Å². The van der Waals surface area contributed by atoms with Crippen molar-refractivity contribution in [2.24, 2.45) is 16.6 Å². The van der Waals surface area contributed by atoms with Crippen molar-refractivity contribution in [1.82, 2.24) is 0 Å². The lowest BCUT2D eigenvalue weighted by atomic mass is 10.1. The third-order valence-corrected chi connectivity index (χ3v) is 2.84. The number of benzene rings is 1. The number of nitrogens with one attached hydrogen (secondary N) is 1. The number of hydrogen-bond donors (Lipinski definition) is 2. The molecule has 0 aliphatic heterocycles. The molecule has 0 saturated carbocycles. The van der Waals surface area contributed by atoms with E-state index in [1.165, 1.54) is 0 Å². The van der Waals surface area contributed by atoms with E-state index in [9.17, 15) is 0 Å². The van der Waals surface area contributed by atoms with Crippen molar-refractivity contribution in [3.8, 4) is 0 Å². The molecule has 0 heterocycles. The minimum atomic E-state index is 0.479. The maximum absolute atomic E-state index is 5.86. The number of nitrogens with two attached hydrogens (primary N) is 1. The van der Waals surface area contributed by atoms with E-state index in [0.717, 1.165) is 27.8 Å². The van der Waals surface area contributed by atoms with E-state index in [1.807, 2.05) is 0 Å². The zero-order valence-electron chi connectivity index (χ0n) is 10.8. The normalized spacial score (nSPS) is 12.0. The Kier molecular flexibility index (Phi) is 5.00. The lowest BCUT2D eigenvalue weighted by molar-refractivity contribution is 0.665. The largest absolute Gasteiger partial charge is 0.370 e. The molecule has 0 radical (unpaired) electrons. The molecule has 0 atom stereocenters. The number of nitrogens with zero attached hydrogens (tertiary/aromatic N) is 1.